The summed E-state index contributed by atoms with van der Waals surface area (Å²) in [4.78, 5) is 23.1. The van der Waals surface area contributed by atoms with Crippen LogP contribution in [-0.4, -0.2) is 39.9 Å². The van der Waals surface area contributed by atoms with Crippen molar-refractivity contribution in [1.29, 1.82) is 0 Å². The van der Waals surface area contributed by atoms with E-state index in [1.54, 1.807) is 0 Å². The Labute approximate surface area is 162 Å². The van der Waals surface area contributed by atoms with Crippen LogP contribution in [0.25, 0.3) is 0 Å². The molecule has 0 unspecified atom stereocenters. The summed E-state index contributed by atoms with van der Waals surface area (Å²) in [5.74, 6) is -0.877. The van der Waals surface area contributed by atoms with Gasteiger partial charge in [-0.1, -0.05) is 18.2 Å². The lowest BCUT2D eigenvalue weighted by atomic mass is 9.96. The average Bonchev–Trinajstić information content (AvgIpc) is 3.07. The fraction of sp³-hybridized carbons (Fsp3) is 0.222. The number of alkyl halides is 3. The smallest absolute Gasteiger partial charge is 0.431 e. The number of halogens is 3. The van der Waals surface area contributed by atoms with E-state index in [9.17, 15) is 33.2 Å². The van der Waals surface area contributed by atoms with Gasteiger partial charge in [0, 0.05) is 23.3 Å². The van der Waals surface area contributed by atoms with E-state index in [2.05, 4.69) is 5.10 Å². The standard InChI is InChI=1S/C18H14F3N3O5/c1-29-14-7-3-5-12(9-14)17(26)10-15(18(19,20)21)22-23(17)16(25)11-4-2-6-13(8-11)24(27)28/h2-9,26H,10H2,1H3/t17-/m0/s1. The maximum Gasteiger partial charge on any atom is 0.431 e. The molecule has 0 aliphatic carbocycles. The molecule has 2 aromatic carbocycles. The molecule has 1 N–H and O–H groups in total. The van der Waals surface area contributed by atoms with Crippen LogP contribution in [0.3, 0.4) is 0 Å². The lowest BCUT2D eigenvalue weighted by Gasteiger charge is -2.31. The Hall–Kier alpha value is -3.47. The summed E-state index contributed by atoms with van der Waals surface area (Å²) in [5, 5.41) is 25.6. The quantitative estimate of drug-likeness (QED) is 0.617. The summed E-state index contributed by atoms with van der Waals surface area (Å²) in [5.41, 5.74) is -4.60. The molecule has 0 fully saturated rings. The molecule has 0 spiro atoms. The number of carbonyl (C=O) groups is 1. The Morgan fingerprint density at radius 1 is 1.28 bits per heavy atom. The molecule has 0 aromatic heterocycles. The Bertz CT molecular complexity index is 1010. The van der Waals surface area contributed by atoms with Gasteiger partial charge in [0.25, 0.3) is 11.6 Å². The Kier molecular flexibility index (Phi) is 5.01. The fourth-order valence-electron chi connectivity index (χ4n) is 2.89. The maximum absolute atomic E-state index is 13.3. The minimum absolute atomic E-state index is 0.0568. The van der Waals surface area contributed by atoms with Gasteiger partial charge in [-0.2, -0.15) is 23.3 Å². The molecule has 0 saturated heterocycles. The van der Waals surface area contributed by atoms with Crippen LogP contribution in [-0.2, 0) is 5.72 Å². The van der Waals surface area contributed by atoms with Gasteiger partial charge in [0.2, 0.25) is 0 Å². The van der Waals surface area contributed by atoms with Crippen LogP contribution in [0.1, 0.15) is 22.3 Å². The van der Waals surface area contributed by atoms with Crippen LogP contribution < -0.4 is 4.74 Å². The molecular weight excluding hydrogens is 395 g/mol. The second-order valence-corrected chi connectivity index (χ2v) is 6.19. The van der Waals surface area contributed by atoms with Crippen LogP contribution in [0.2, 0.25) is 0 Å². The highest BCUT2D eigenvalue weighted by Crippen LogP contribution is 2.41. The number of non-ortho nitro benzene ring substituents is 1. The van der Waals surface area contributed by atoms with Gasteiger partial charge in [0.1, 0.15) is 11.5 Å². The summed E-state index contributed by atoms with van der Waals surface area (Å²) in [6.07, 6.45) is -5.89. The Morgan fingerprint density at radius 3 is 2.59 bits per heavy atom. The lowest BCUT2D eigenvalue weighted by Crippen LogP contribution is -2.43. The summed E-state index contributed by atoms with van der Waals surface area (Å²) in [6, 6.07) is 9.97. The highest BCUT2D eigenvalue weighted by atomic mass is 19.4. The zero-order chi connectivity index (χ0) is 21.4. The summed E-state index contributed by atoms with van der Waals surface area (Å²) >= 11 is 0. The van der Waals surface area contributed by atoms with Crippen LogP contribution >= 0.6 is 0 Å². The number of ether oxygens (including phenoxy) is 1. The van der Waals surface area contributed by atoms with E-state index in [1.807, 2.05) is 0 Å². The van der Waals surface area contributed by atoms with Gasteiger partial charge in [-0.15, -0.1) is 0 Å². The predicted molar refractivity (Wildman–Crippen MR) is 94.3 cm³/mol. The number of carbonyl (C=O) groups excluding carboxylic acids is 1. The van der Waals surface area contributed by atoms with Crippen molar-refractivity contribution in [2.75, 3.05) is 7.11 Å². The molecule has 1 aliphatic rings. The first-order chi connectivity index (χ1) is 13.6. The third kappa shape index (κ3) is 3.76. The molecule has 0 saturated carbocycles. The van der Waals surface area contributed by atoms with Gasteiger partial charge in [0.05, 0.1) is 18.5 Å². The van der Waals surface area contributed by atoms with Crippen LogP contribution in [0.4, 0.5) is 18.9 Å². The average molecular weight is 409 g/mol. The van der Waals surface area contributed by atoms with Crippen molar-refractivity contribution < 1.29 is 32.7 Å². The van der Waals surface area contributed by atoms with Gasteiger partial charge in [-0.3, -0.25) is 14.9 Å². The number of methoxy groups -OCH3 is 1. The number of hydrogen-bond acceptors (Lipinski definition) is 6. The number of benzene rings is 2. The van der Waals surface area contributed by atoms with E-state index in [-0.39, 0.29) is 16.9 Å². The number of nitro benzene ring substituents is 1. The first-order valence-electron chi connectivity index (χ1n) is 8.17. The van der Waals surface area contributed by atoms with Gasteiger partial charge in [0.15, 0.2) is 5.72 Å². The maximum atomic E-state index is 13.3. The molecule has 0 radical (unpaired) electrons. The van der Waals surface area contributed by atoms with E-state index < -0.39 is 40.6 Å². The SMILES string of the molecule is COc1cccc([C@@]2(O)CC(C(F)(F)F)=NN2C(=O)c2cccc([N+](=O)[O-])c2)c1. The van der Waals surface area contributed by atoms with E-state index in [0.717, 1.165) is 12.1 Å². The number of aliphatic hydroxyl groups is 1. The van der Waals surface area contributed by atoms with Gasteiger partial charge in [-0.05, 0) is 18.2 Å². The summed E-state index contributed by atoms with van der Waals surface area (Å²) in [6.45, 7) is 0. The number of amides is 1. The molecular formula is C18H14F3N3O5. The monoisotopic (exact) mass is 409 g/mol. The predicted octanol–water partition coefficient (Wildman–Crippen LogP) is 3.21. The van der Waals surface area contributed by atoms with Crippen molar-refractivity contribution >= 4 is 17.3 Å². The number of rotatable bonds is 4. The van der Waals surface area contributed by atoms with Crippen molar-refractivity contribution in [1.82, 2.24) is 5.01 Å². The van der Waals surface area contributed by atoms with E-state index in [4.69, 9.17) is 4.74 Å². The molecule has 0 bridgehead atoms. The topological polar surface area (TPSA) is 105 Å². The molecule has 29 heavy (non-hydrogen) atoms. The van der Waals surface area contributed by atoms with Crippen LogP contribution in [0.15, 0.2) is 53.6 Å². The Balaban J connectivity index is 2.10. The third-order valence-electron chi connectivity index (χ3n) is 4.34. The molecule has 1 aliphatic heterocycles. The van der Waals surface area contributed by atoms with Crippen molar-refractivity contribution in [3.63, 3.8) is 0 Å². The number of hydrazone groups is 1. The van der Waals surface area contributed by atoms with Crippen molar-refractivity contribution in [2.45, 2.75) is 18.3 Å². The van der Waals surface area contributed by atoms with Crippen molar-refractivity contribution in [3.05, 3.63) is 69.8 Å². The van der Waals surface area contributed by atoms with Crippen LogP contribution in [0.5, 0.6) is 5.75 Å². The Morgan fingerprint density at radius 2 is 1.97 bits per heavy atom. The highest BCUT2D eigenvalue weighted by molar-refractivity contribution is 6.00. The zero-order valence-corrected chi connectivity index (χ0v) is 14.9. The summed E-state index contributed by atoms with van der Waals surface area (Å²) < 4.78 is 44.9. The molecule has 3 rings (SSSR count). The fourth-order valence-corrected chi connectivity index (χ4v) is 2.89. The zero-order valence-electron chi connectivity index (χ0n) is 14.9. The molecule has 1 amide bonds. The number of nitro groups is 1. The van der Waals surface area contributed by atoms with Crippen LogP contribution in [0, 0.1) is 10.1 Å². The van der Waals surface area contributed by atoms with Crippen molar-refractivity contribution in [3.8, 4) is 5.75 Å². The van der Waals surface area contributed by atoms with Crippen molar-refractivity contribution in [2.24, 2.45) is 5.10 Å². The molecule has 8 nitrogen and oxygen atoms in total. The number of nitrogens with zero attached hydrogens (tertiary/aromatic N) is 3. The number of hydrogen-bond donors (Lipinski definition) is 1. The van der Waals surface area contributed by atoms with Gasteiger partial charge in [-0.25, -0.2) is 0 Å². The minimum Gasteiger partial charge on any atom is -0.497 e. The second-order valence-electron chi connectivity index (χ2n) is 6.19. The van der Waals surface area contributed by atoms with E-state index in [0.29, 0.717) is 5.01 Å². The highest BCUT2D eigenvalue weighted by Gasteiger charge is 2.53. The first-order valence-corrected chi connectivity index (χ1v) is 8.17. The molecule has 1 atom stereocenters. The minimum atomic E-state index is -4.88. The normalized spacial score (nSPS) is 19.1. The molecule has 152 valence electrons. The first kappa shape index (κ1) is 20.3. The lowest BCUT2D eigenvalue weighted by molar-refractivity contribution is -0.384. The van der Waals surface area contributed by atoms with E-state index in [1.165, 1.54) is 43.5 Å². The largest absolute Gasteiger partial charge is 0.497 e. The van der Waals surface area contributed by atoms with E-state index >= 15 is 0 Å². The molecule has 2 aromatic rings. The second kappa shape index (κ2) is 7.17. The van der Waals surface area contributed by atoms with Gasteiger partial charge >= 0.3 is 6.18 Å². The van der Waals surface area contributed by atoms with Gasteiger partial charge < -0.3 is 9.84 Å². The summed E-state index contributed by atoms with van der Waals surface area (Å²) in [7, 11) is 1.33. The molecule has 1 heterocycles. The third-order valence-corrected chi connectivity index (χ3v) is 4.34. The molecule has 11 heteroatoms.